The van der Waals surface area contributed by atoms with Crippen LogP contribution < -0.4 is 0 Å². The second-order valence-electron chi connectivity index (χ2n) is 4.59. The van der Waals surface area contributed by atoms with E-state index < -0.39 is 0 Å². The van der Waals surface area contributed by atoms with Gasteiger partial charge < -0.3 is 0 Å². The number of hydrogen-bond acceptors (Lipinski definition) is 0. The van der Waals surface area contributed by atoms with Gasteiger partial charge in [0.25, 0.3) is 0 Å². The third-order valence-corrected chi connectivity index (χ3v) is 4.44. The predicted molar refractivity (Wildman–Crippen MR) is 48.5 cm³/mol. The summed E-state index contributed by atoms with van der Waals surface area (Å²) in [5, 5.41) is 0. The van der Waals surface area contributed by atoms with Gasteiger partial charge in [-0.2, -0.15) is 0 Å². The summed E-state index contributed by atoms with van der Waals surface area (Å²) < 4.78 is 0. The van der Waals surface area contributed by atoms with Gasteiger partial charge in [0.15, 0.2) is 0 Å². The minimum absolute atomic E-state index is 0.848. The lowest BCUT2D eigenvalue weighted by Crippen LogP contribution is -2.43. The molecule has 0 aliphatic heterocycles. The van der Waals surface area contributed by atoms with Crippen molar-refractivity contribution in [2.24, 2.45) is 17.3 Å². The van der Waals surface area contributed by atoms with Gasteiger partial charge in [-0.3, -0.25) is 0 Å². The lowest BCUT2D eigenvalue weighted by Gasteiger charge is -2.51. The SMILES string of the molecule is CCC1CC2(CC)CCCC12. The van der Waals surface area contributed by atoms with Gasteiger partial charge in [-0.15, -0.1) is 0 Å². The molecule has 2 saturated carbocycles. The smallest absolute Gasteiger partial charge is 0.0266 e. The molecule has 0 saturated heterocycles. The zero-order valence-corrected chi connectivity index (χ0v) is 7.90. The summed E-state index contributed by atoms with van der Waals surface area (Å²) in [4.78, 5) is 0. The lowest BCUT2D eigenvalue weighted by molar-refractivity contribution is -0.0201. The van der Waals surface area contributed by atoms with Crippen LogP contribution in [0.4, 0.5) is 0 Å². The molecule has 2 aliphatic carbocycles. The lowest BCUT2D eigenvalue weighted by atomic mass is 9.53. The van der Waals surface area contributed by atoms with E-state index in [9.17, 15) is 0 Å². The van der Waals surface area contributed by atoms with Crippen LogP contribution in [0, 0.1) is 17.3 Å². The molecule has 64 valence electrons. The molecule has 0 aromatic rings. The summed E-state index contributed by atoms with van der Waals surface area (Å²) in [7, 11) is 0. The Morgan fingerprint density at radius 2 is 2.18 bits per heavy atom. The second-order valence-corrected chi connectivity index (χ2v) is 4.59. The van der Waals surface area contributed by atoms with E-state index in [1.165, 1.54) is 19.3 Å². The van der Waals surface area contributed by atoms with Crippen molar-refractivity contribution in [2.45, 2.75) is 52.4 Å². The maximum Gasteiger partial charge on any atom is -0.0266 e. The summed E-state index contributed by atoms with van der Waals surface area (Å²) in [6.45, 7) is 4.76. The fraction of sp³-hybridized carbons (Fsp3) is 1.00. The Bertz CT molecular complexity index is 150. The topological polar surface area (TPSA) is 0 Å². The summed E-state index contributed by atoms with van der Waals surface area (Å²) in [5.41, 5.74) is 0.848. The molecule has 2 rings (SSSR count). The van der Waals surface area contributed by atoms with Crippen LogP contribution in [-0.2, 0) is 0 Å². The fourth-order valence-corrected chi connectivity index (χ4v) is 3.67. The highest BCUT2D eigenvalue weighted by molar-refractivity contribution is 5.03. The third-order valence-electron chi connectivity index (χ3n) is 4.44. The maximum atomic E-state index is 2.39. The summed E-state index contributed by atoms with van der Waals surface area (Å²) in [6, 6.07) is 0. The summed E-state index contributed by atoms with van der Waals surface area (Å²) >= 11 is 0. The van der Waals surface area contributed by atoms with E-state index in [1.807, 2.05) is 0 Å². The van der Waals surface area contributed by atoms with Crippen LogP contribution >= 0.6 is 0 Å². The number of fused-ring (bicyclic) bond motifs is 1. The van der Waals surface area contributed by atoms with Gasteiger partial charge in [0, 0.05) is 0 Å². The molecule has 0 bridgehead atoms. The van der Waals surface area contributed by atoms with Crippen molar-refractivity contribution >= 4 is 0 Å². The summed E-state index contributed by atoms with van der Waals surface area (Å²) in [6.07, 6.45) is 9.07. The molecular weight excluding hydrogens is 132 g/mol. The van der Waals surface area contributed by atoms with E-state index in [1.54, 1.807) is 19.3 Å². The molecule has 0 heterocycles. The molecule has 3 atom stereocenters. The predicted octanol–water partition coefficient (Wildman–Crippen LogP) is 3.61. The molecule has 2 fully saturated rings. The molecule has 0 aromatic heterocycles. The van der Waals surface area contributed by atoms with Crippen molar-refractivity contribution in [1.29, 1.82) is 0 Å². The molecule has 3 unspecified atom stereocenters. The monoisotopic (exact) mass is 152 g/mol. The minimum Gasteiger partial charge on any atom is -0.0651 e. The average Bonchev–Trinajstić information content (AvgIpc) is 2.31. The van der Waals surface area contributed by atoms with Crippen molar-refractivity contribution in [3.8, 4) is 0 Å². The van der Waals surface area contributed by atoms with E-state index in [0.29, 0.717) is 0 Å². The van der Waals surface area contributed by atoms with Crippen LogP contribution in [0.1, 0.15) is 52.4 Å². The molecule has 0 spiro atoms. The molecule has 2 aliphatic rings. The van der Waals surface area contributed by atoms with Crippen LogP contribution in [0.15, 0.2) is 0 Å². The van der Waals surface area contributed by atoms with E-state index in [0.717, 1.165) is 17.3 Å². The summed E-state index contributed by atoms with van der Waals surface area (Å²) in [5.74, 6) is 2.25. The third kappa shape index (κ3) is 0.878. The fourth-order valence-electron chi connectivity index (χ4n) is 3.67. The van der Waals surface area contributed by atoms with Gasteiger partial charge in [-0.1, -0.05) is 33.1 Å². The van der Waals surface area contributed by atoms with Gasteiger partial charge in [0.2, 0.25) is 0 Å². The van der Waals surface area contributed by atoms with Gasteiger partial charge in [0.05, 0.1) is 0 Å². The Balaban J connectivity index is 2.04. The zero-order chi connectivity index (χ0) is 7.90. The maximum absolute atomic E-state index is 2.39. The van der Waals surface area contributed by atoms with E-state index in [2.05, 4.69) is 13.8 Å². The number of rotatable bonds is 2. The Kier molecular flexibility index (Phi) is 1.74. The molecule has 11 heavy (non-hydrogen) atoms. The first-order valence-corrected chi connectivity index (χ1v) is 5.32. The van der Waals surface area contributed by atoms with Crippen molar-refractivity contribution < 1.29 is 0 Å². The van der Waals surface area contributed by atoms with Crippen molar-refractivity contribution in [1.82, 2.24) is 0 Å². The highest BCUT2D eigenvalue weighted by Crippen LogP contribution is 2.63. The Morgan fingerprint density at radius 1 is 1.36 bits per heavy atom. The normalized spacial score (nSPS) is 48.5. The van der Waals surface area contributed by atoms with E-state index in [4.69, 9.17) is 0 Å². The molecule has 0 radical (unpaired) electrons. The average molecular weight is 152 g/mol. The number of hydrogen-bond donors (Lipinski definition) is 0. The van der Waals surface area contributed by atoms with Gasteiger partial charge >= 0.3 is 0 Å². The van der Waals surface area contributed by atoms with Gasteiger partial charge in [-0.05, 0) is 36.5 Å². The van der Waals surface area contributed by atoms with Gasteiger partial charge in [-0.25, -0.2) is 0 Å². The van der Waals surface area contributed by atoms with Crippen LogP contribution in [-0.4, -0.2) is 0 Å². The van der Waals surface area contributed by atoms with E-state index >= 15 is 0 Å². The molecule has 0 N–H and O–H groups in total. The standard InChI is InChI=1S/C11H20/c1-3-9-8-11(4-2)7-5-6-10(9)11/h9-10H,3-8H2,1-2H3. The quantitative estimate of drug-likeness (QED) is 0.567. The molecule has 0 amide bonds. The molecule has 0 aromatic carbocycles. The largest absolute Gasteiger partial charge is 0.0651 e. The van der Waals surface area contributed by atoms with Crippen LogP contribution in [0.25, 0.3) is 0 Å². The second kappa shape index (κ2) is 2.50. The highest BCUT2D eigenvalue weighted by atomic mass is 14.6. The van der Waals surface area contributed by atoms with E-state index in [-0.39, 0.29) is 0 Å². The first-order chi connectivity index (χ1) is 5.32. The Hall–Kier alpha value is 0. The Labute approximate surface area is 70.4 Å². The molecule has 0 heteroatoms. The highest BCUT2D eigenvalue weighted by Gasteiger charge is 2.53. The van der Waals surface area contributed by atoms with Crippen molar-refractivity contribution in [2.75, 3.05) is 0 Å². The first-order valence-electron chi connectivity index (χ1n) is 5.32. The Morgan fingerprint density at radius 3 is 2.82 bits per heavy atom. The van der Waals surface area contributed by atoms with Crippen LogP contribution in [0.2, 0.25) is 0 Å². The van der Waals surface area contributed by atoms with Gasteiger partial charge in [0.1, 0.15) is 0 Å². The molecule has 0 nitrogen and oxygen atoms in total. The zero-order valence-electron chi connectivity index (χ0n) is 7.90. The van der Waals surface area contributed by atoms with Crippen LogP contribution in [0.5, 0.6) is 0 Å². The minimum atomic E-state index is 0.848. The first kappa shape index (κ1) is 7.64. The van der Waals surface area contributed by atoms with Crippen molar-refractivity contribution in [3.05, 3.63) is 0 Å². The van der Waals surface area contributed by atoms with Crippen molar-refractivity contribution in [3.63, 3.8) is 0 Å². The van der Waals surface area contributed by atoms with Crippen LogP contribution in [0.3, 0.4) is 0 Å². The molecular formula is C11H20.